The molecule has 17 heavy (non-hydrogen) atoms. The van der Waals surface area contributed by atoms with Gasteiger partial charge in [-0.05, 0) is 20.8 Å². The number of hydrogen-bond donors (Lipinski definition) is 1. The SMILES string of the molecule is C=C(CC(=O)OC(=O)C(C)=C(C)C)C(=O)O.[CaH2]. The van der Waals surface area contributed by atoms with E-state index in [2.05, 4.69) is 11.3 Å². The molecule has 0 amide bonds. The van der Waals surface area contributed by atoms with Crippen molar-refractivity contribution in [1.29, 1.82) is 0 Å². The Bertz CT molecular complexity index is 377. The molecular weight excluding hydrogens is 252 g/mol. The molecule has 0 rings (SSSR count). The van der Waals surface area contributed by atoms with Crippen molar-refractivity contribution in [2.24, 2.45) is 0 Å². The van der Waals surface area contributed by atoms with Crippen LogP contribution in [0.25, 0.3) is 0 Å². The van der Waals surface area contributed by atoms with Crippen molar-refractivity contribution in [2.75, 3.05) is 0 Å². The van der Waals surface area contributed by atoms with Gasteiger partial charge in [0.05, 0.1) is 6.42 Å². The second-order valence-electron chi connectivity index (χ2n) is 3.47. The number of carboxylic acids is 1. The van der Waals surface area contributed by atoms with Gasteiger partial charge in [0.1, 0.15) is 0 Å². The van der Waals surface area contributed by atoms with Crippen molar-refractivity contribution in [3.8, 4) is 0 Å². The molecule has 6 heteroatoms. The zero-order valence-electron chi connectivity index (χ0n) is 9.49. The van der Waals surface area contributed by atoms with Crippen LogP contribution in [0.4, 0.5) is 0 Å². The third-order valence-electron chi connectivity index (χ3n) is 1.92. The van der Waals surface area contributed by atoms with Gasteiger partial charge in [0.15, 0.2) is 0 Å². The second-order valence-corrected chi connectivity index (χ2v) is 3.47. The summed E-state index contributed by atoms with van der Waals surface area (Å²) in [5, 5.41) is 8.46. The predicted octanol–water partition coefficient (Wildman–Crippen LogP) is 0.527. The first-order valence-electron chi connectivity index (χ1n) is 4.55. The minimum absolute atomic E-state index is 0. The summed E-state index contributed by atoms with van der Waals surface area (Å²) in [4.78, 5) is 32.7. The van der Waals surface area contributed by atoms with Crippen molar-refractivity contribution in [3.05, 3.63) is 23.3 Å². The molecule has 0 spiro atoms. The summed E-state index contributed by atoms with van der Waals surface area (Å²) in [5.41, 5.74) is 0.747. The summed E-state index contributed by atoms with van der Waals surface area (Å²) in [5.74, 6) is -2.97. The fourth-order valence-electron chi connectivity index (χ4n) is 0.670. The van der Waals surface area contributed by atoms with E-state index in [1.54, 1.807) is 13.8 Å². The molecule has 0 aromatic carbocycles. The van der Waals surface area contributed by atoms with Gasteiger partial charge in [-0.25, -0.2) is 9.59 Å². The van der Waals surface area contributed by atoms with Gasteiger partial charge < -0.3 is 9.84 Å². The van der Waals surface area contributed by atoms with Crippen LogP contribution in [0, 0.1) is 0 Å². The van der Waals surface area contributed by atoms with Crippen LogP contribution in [0.1, 0.15) is 27.2 Å². The van der Waals surface area contributed by atoms with Crippen LogP contribution >= 0.6 is 0 Å². The molecule has 1 N–H and O–H groups in total. The number of esters is 2. The Morgan fingerprint density at radius 2 is 1.65 bits per heavy atom. The van der Waals surface area contributed by atoms with Gasteiger partial charge in [-0.2, -0.15) is 0 Å². The first-order valence-corrected chi connectivity index (χ1v) is 4.55. The quantitative estimate of drug-likeness (QED) is 0.348. The van der Waals surface area contributed by atoms with Crippen LogP contribution in [0.2, 0.25) is 0 Å². The summed E-state index contributed by atoms with van der Waals surface area (Å²) in [6.45, 7) is 8.09. The van der Waals surface area contributed by atoms with E-state index in [0.29, 0.717) is 5.57 Å². The molecule has 0 fully saturated rings. The number of carboxylic acid groups (broad SMARTS) is 1. The van der Waals surface area contributed by atoms with Crippen LogP contribution in [0.5, 0.6) is 0 Å². The monoisotopic (exact) mass is 268 g/mol. The van der Waals surface area contributed by atoms with Gasteiger partial charge in [-0.15, -0.1) is 0 Å². The minimum atomic E-state index is -1.29. The molecule has 0 atom stereocenters. The normalized spacial score (nSPS) is 8.65. The molecular formula is C11H16CaO5. The van der Waals surface area contributed by atoms with E-state index >= 15 is 0 Å². The topological polar surface area (TPSA) is 80.7 Å². The van der Waals surface area contributed by atoms with Gasteiger partial charge in [0.2, 0.25) is 0 Å². The second kappa shape index (κ2) is 8.44. The number of ether oxygens (including phenoxy) is 1. The van der Waals surface area contributed by atoms with Crippen molar-refractivity contribution >= 4 is 55.6 Å². The third-order valence-corrected chi connectivity index (χ3v) is 1.92. The number of rotatable bonds is 4. The number of aliphatic carboxylic acids is 1. The summed E-state index contributed by atoms with van der Waals surface area (Å²) in [6.07, 6.45) is -0.503. The first-order chi connectivity index (χ1) is 7.25. The number of carbonyl (C=O) groups excluding carboxylic acids is 2. The average molecular weight is 268 g/mol. The van der Waals surface area contributed by atoms with Gasteiger partial charge in [-0.1, -0.05) is 12.2 Å². The van der Waals surface area contributed by atoms with Crippen LogP contribution in [0.3, 0.4) is 0 Å². The molecule has 0 unspecified atom stereocenters. The molecule has 0 radical (unpaired) electrons. The van der Waals surface area contributed by atoms with E-state index in [9.17, 15) is 14.4 Å². The summed E-state index contributed by atoms with van der Waals surface area (Å²) in [7, 11) is 0. The van der Waals surface area contributed by atoms with E-state index < -0.39 is 24.3 Å². The number of carbonyl (C=O) groups is 3. The van der Waals surface area contributed by atoms with E-state index in [0.717, 1.165) is 5.57 Å². The molecule has 0 aliphatic rings. The number of hydrogen-bond acceptors (Lipinski definition) is 4. The zero-order valence-corrected chi connectivity index (χ0v) is 9.49. The average Bonchev–Trinajstić information content (AvgIpc) is 2.15. The van der Waals surface area contributed by atoms with Gasteiger partial charge in [0, 0.05) is 11.1 Å². The molecule has 0 saturated carbocycles. The molecule has 0 bridgehead atoms. The Morgan fingerprint density at radius 1 is 1.18 bits per heavy atom. The maximum atomic E-state index is 11.3. The Morgan fingerprint density at radius 3 is 2.00 bits per heavy atom. The molecule has 0 saturated heterocycles. The van der Waals surface area contributed by atoms with Crippen molar-refractivity contribution < 1.29 is 24.2 Å². The van der Waals surface area contributed by atoms with Gasteiger partial charge in [0.25, 0.3) is 0 Å². The van der Waals surface area contributed by atoms with Crippen LogP contribution in [0.15, 0.2) is 23.3 Å². The van der Waals surface area contributed by atoms with E-state index in [1.165, 1.54) is 6.92 Å². The molecule has 0 aliphatic carbocycles. The number of allylic oxidation sites excluding steroid dienone is 1. The summed E-state index contributed by atoms with van der Waals surface area (Å²) < 4.78 is 4.43. The predicted molar refractivity (Wildman–Crippen MR) is 65.1 cm³/mol. The fourth-order valence-corrected chi connectivity index (χ4v) is 0.670. The summed E-state index contributed by atoms with van der Waals surface area (Å²) in [6, 6.07) is 0. The van der Waals surface area contributed by atoms with Crippen LogP contribution in [-0.2, 0) is 19.1 Å². The molecule has 0 aromatic heterocycles. The van der Waals surface area contributed by atoms with E-state index in [1.807, 2.05) is 0 Å². The van der Waals surface area contributed by atoms with Gasteiger partial charge >= 0.3 is 55.6 Å². The van der Waals surface area contributed by atoms with E-state index in [-0.39, 0.29) is 43.3 Å². The first kappa shape index (κ1) is 18.7. The molecule has 0 aromatic rings. The van der Waals surface area contributed by atoms with Crippen LogP contribution in [-0.4, -0.2) is 60.8 Å². The standard InChI is InChI=1S/C11H14O5.Ca.2H/c1-6(2)8(4)11(15)16-9(12)5-7(3)10(13)14;;;/h3,5H2,1-2,4H3,(H,13,14);;;. The zero-order chi connectivity index (χ0) is 12.9. The van der Waals surface area contributed by atoms with Crippen molar-refractivity contribution in [1.82, 2.24) is 0 Å². The van der Waals surface area contributed by atoms with E-state index in [4.69, 9.17) is 5.11 Å². The Balaban J connectivity index is 0. The van der Waals surface area contributed by atoms with Crippen molar-refractivity contribution in [3.63, 3.8) is 0 Å². The molecule has 92 valence electrons. The molecule has 0 heterocycles. The Labute approximate surface area is 130 Å². The van der Waals surface area contributed by atoms with Crippen molar-refractivity contribution in [2.45, 2.75) is 27.2 Å². The molecule has 0 aliphatic heterocycles. The summed E-state index contributed by atoms with van der Waals surface area (Å²) >= 11 is 0. The van der Waals surface area contributed by atoms with Crippen LogP contribution < -0.4 is 0 Å². The Hall–Kier alpha value is -0.650. The maximum absolute atomic E-state index is 11.3. The fraction of sp³-hybridized carbons (Fsp3) is 0.364. The molecule has 5 nitrogen and oxygen atoms in total. The third kappa shape index (κ3) is 7.31. The van der Waals surface area contributed by atoms with Gasteiger partial charge in [-0.3, -0.25) is 4.79 Å². The Kier molecular flexibility index (Phi) is 9.29.